The van der Waals surface area contributed by atoms with Crippen LogP contribution < -0.4 is 15.2 Å². The second-order valence-electron chi connectivity index (χ2n) is 5.84. The van der Waals surface area contributed by atoms with Gasteiger partial charge in [-0.05, 0) is 84.0 Å². The van der Waals surface area contributed by atoms with Crippen LogP contribution in [0.3, 0.4) is 0 Å². The van der Waals surface area contributed by atoms with Gasteiger partial charge >= 0.3 is 0 Å². The van der Waals surface area contributed by atoms with Gasteiger partial charge in [0.1, 0.15) is 11.5 Å². The Morgan fingerprint density at radius 3 is 1.54 bits per heavy atom. The third-order valence-corrected chi connectivity index (χ3v) is 4.49. The Bertz CT molecular complexity index is 516. The molecule has 4 heteroatoms. The topological polar surface area (TPSA) is 44.5 Å². The van der Waals surface area contributed by atoms with Crippen molar-refractivity contribution in [3.63, 3.8) is 0 Å². The van der Waals surface area contributed by atoms with Crippen molar-refractivity contribution >= 4 is 28.3 Å². The number of hydrogen-bond acceptors (Lipinski definition) is 3. The van der Waals surface area contributed by atoms with Crippen LogP contribution in [-0.2, 0) is 0 Å². The second kappa shape index (κ2) is 11.2. The van der Waals surface area contributed by atoms with Crippen LogP contribution >= 0.6 is 22.6 Å². The minimum atomic E-state index is 0.772. The van der Waals surface area contributed by atoms with Crippen molar-refractivity contribution in [1.82, 2.24) is 0 Å². The molecule has 0 aliphatic carbocycles. The summed E-state index contributed by atoms with van der Waals surface area (Å²) in [5.41, 5.74) is 6.42. The van der Waals surface area contributed by atoms with Crippen LogP contribution in [0.25, 0.3) is 0 Å². The number of nitrogens with two attached hydrogens (primary N) is 1. The number of unbranched alkanes of at least 4 members (excludes halogenated alkanes) is 5. The van der Waals surface area contributed by atoms with E-state index < -0.39 is 0 Å². The van der Waals surface area contributed by atoms with Crippen molar-refractivity contribution in [2.24, 2.45) is 0 Å². The van der Waals surface area contributed by atoms with Gasteiger partial charge < -0.3 is 15.2 Å². The van der Waals surface area contributed by atoms with E-state index >= 15 is 0 Å². The van der Waals surface area contributed by atoms with E-state index in [-0.39, 0.29) is 0 Å². The van der Waals surface area contributed by atoms with Crippen LogP contribution in [0.2, 0.25) is 0 Å². The van der Waals surface area contributed by atoms with Crippen LogP contribution in [0.5, 0.6) is 11.5 Å². The highest BCUT2D eigenvalue weighted by atomic mass is 127. The highest BCUT2D eigenvalue weighted by Crippen LogP contribution is 2.15. The minimum absolute atomic E-state index is 0.772. The molecule has 130 valence electrons. The van der Waals surface area contributed by atoms with Crippen LogP contribution in [0.4, 0.5) is 5.69 Å². The largest absolute Gasteiger partial charge is 0.494 e. The summed E-state index contributed by atoms with van der Waals surface area (Å²) in [4.78, 5) is 0. The number of hydrogen-bond donors (Lipinski definition) is 1. The van der Waals surface area contributed by atoms with Gasteiger partial charge in [0.25, 0.3) is 0 Å². The van der Waals surface area contributed by atoms with Crippen molar-refractivity contribution in [3.05, 3.63) is 52.1 Å². The monoisotopic (exact) mass is 439 g/mol. The smallest absolute Gasteiger partial charge is 0.119 e. The van der Waals surface area contributed by atoms with Gasteiger partial charge in [0, 0.05) is 9.26 Å². The SMILES string of the molecule is Nc1ccc(OCCCCCCCCOc2ccc(I)cc2)cc1. The highest BCUT2D eigenvalue weighted by molar-refractivity contribution is 14.1. The van der Waals surface area contributed by atoms with E-state index in [2.05, 4.69) is 34.7 Å². The minimum Gasteiger partial charge on any atom is -0.494 e. The quantitative estimate of drug-likeness (QED) is 0.279. The molecule has 2 aromatic rings. The molecular weight excluding hydrogens is 413 g/mol. The lowest BCUT2D eigenvalue weighted by molar-refractivity contribution is 0.297. The van der Waals surface area contributed by atoms with E-state index in [1.54, 1.807) is 0 Å². The number of nitrogen functional groups attached to an aromatic ring is 1. The molecule has 0 saturated carbocycles. The Morgan fingerprint density at radius 2 is 1.04 bits per heavy atom. The molecule has 0 spiro atoms. The molecule has 0 bridgehead atoms. The normalized spacial score (nSPS) is 10.5. The molecule has 24 heavy (non-hydrogen) atoms. The molecule has 0 amide bonds. The Labute approximate surface area is 158 Å². The van der Waals surface area contributed by atoms with Crippen molar-refractivity contribution in [2.45, 2.75) is 38.5 Å². The molecule has 3 nitrogen and oxygen atoms in total. The number of halogens is 1. The number of ether oxygens (including phenoxy) is 2. The molecule has 0 heterocycles. The summed E-state index contributed by atoms with van der Waals surface area (Å²) < 4.78 is 12.7. The first kappa shape index (κ1) is 18.9. The van der Waals surface area contributed by atoms with Gasteiger partial charge in [-0.1, -0.05) is 25.7 Å². The van der Waals surface area contributed by atoms with Crippen LogP contribution in [0.1, 0.15) is 38.5 Å². The fourth-order valence-electron chi connectivity index (χ4n) is 2.39. The summed E-state index contributed by atoms with van der Waals surface area (Å²) in [5, 5.41) is 0. The summed E-state index contributed by atoms with van der Waals surface area (Å²) in [6.07, 6.45) is 7.18. The summed E-state index contributed by atoms with van der Waals surface area (Å²) in [7, 11) is 0. The van der Waals surface area contributed by atoms with Gasteiger partial charge in [-0.15, -0.1) is 0 Å². The Hall–Kier alpha value is -1.43. The van der Waals surface area contributed by atoms with Gasteiger partial charge in [-0.25, -0.2) is 0 Å². The third-order valence-electron chi connectivity index (χ3n) is 3.77. The predicted molar refractivity (Wildman–Crippen MR) is 109 cm³/mol. The lowest BCUT2D eigenvalue weighted by Crippen LogP contribution is -1.98. The first-order chi connectivity index (χ1) is 11.7. The maximum atomic E-state index is 5.73. The number of benzene rings is 2. The molecule has 2 rings (SSSR count). The van der Waals surface area contributed by atoms with E-state index in [1.807, 2.05) is 36.4 Å². The Kier molecular flexibility index (Phi) is 8.81. The zero-order valence-corrected chi connectivity index (χ0v) is 16.2. The highest BCUT2D eigenvalue weighted by Gasteiger charge is 1.96. The lowest BCUT2D eigenvalue weighted by Gasteiger charge is -2.07. The van der Waals surface area contributed by atoms with Gasteiger partial charge in [0.15, 0.2) is 0 Å². The van der Waals surface area contributed by atoms with Crippen molar-refractivity contribution in [1.29, 1.82) is 0 Å². The van der Waals surface area contributed by atoms with Gasteiger partial charge in [0.2, 0.25) is 0 Å². The molecule has 0 aliphatic heterocycles. The lowest BCUT2D eigenvalue weighted by atomic mass is 10.1. The van der Waals surface area contributed by atoms with Gasteiger partial charge in [-0.2, -0.15) is 0 Å². The third kappa shape index (κ3) is 7.90. The van der Waals surface area contributed by atoms with E-state index in [0.29, 0.717) is 0 Å². The van der Waals surface area contributed by atoms with E-state index in [9.17, 15) is 0 Å². The fraction of sp³-hybridized carbons (Fsp3) is 0.400. The first-order valence-electron chi connectivity index (χ1n) is 8.61. The average molecular weight is 439 g/mol. The summed E-state index contributed by atoms with van der Waals surface area (Å²) in [5.74, 6) is 1.87. The molecule has 0 fully saturated rings. The second-order valence-corrected chi connectivity index (χ2v) is 7.09. The van der Waals surface area contributed by atoms with Crippen LogP contribution in [0.15, 0.2) is 48.5 Å². The van der Waals surface area contributed by atoms with E-state index in [1.165, 1.54) is 29.3 Å². The number of rotatable bonds is 11. The molecule has 0 aliphatic rings. The zero-order chi connectivity index (χ0) is 17.0. The van der Waals surface area contributed by atoms with Crippen molar-refractivity contribution in [3.8, 4) is 11.5 Å². The van der Waals surface area contributed by atoms with Crippen molar-refractivity contribution in [2.75, 3.05) is 18.9 Å². The molecule has 2 aromatic carbocycles. The van der Waals surface area contributed by atoms with E-state index in [0.717, 1.165) is 43.2 Å². The molecule has 2 N–H and O–H groups in total. The van der Waals surface area contributed by atoms with Gasteiger partial charge in [0.05, 0.1) is 13.2 Å². The zero-order valence-electron chi connectivity index (χ0n) is 14.0. The van der Waals surface area contributed by atoms with Crippen molar-refractivity contribution < 1.29 is 9.47 Å². The predicted octanol–water partition coefficient (Wildman–Crippen LogP) is 5.67. The van der Waals surface area contributed by atoms with Crippen LogP contribution in [-0.4, -0.2) is 13.2 Å². The van der Waals surface area contributed by atoms with Crippen LogP contribution in [0, 0.1) is 3.57 Å². The first-order valence-corrected chi connectivity index (χ1v) is 9.68. The maximum absolute atomic E-state index is 5.73. The molecule has 0 saturated heterocycles. The fourth-order valence-corrected chi connectivity index (χ4v) is 2.75. The summed E-state index contributed by atoms with van der Waals surface area (Å²) in [6, 6.07) is 15.8. The Balaban J connectivity index is 1.40. The average Bonchev–Trinajstić information content (AvgIpc) is 2.60. The molecule has 0 radical (unpaired) electrons. The molecule has 0 unspecified atom stereocenters. The summed E-state index contributed by atoms with van der Waals surface area (Å²) >= 11 is 2.30. The van der Waals surface area contributed by atoms with E-state index in [4.69, 9.17) is 15.2 Å². The molecule has 0 aromatic heterocycles. The standard InChI is InChI=1S/C20H26INO2/c21-17-7-11-19(12-8-17)23-15-5-3-1-2-4-6-16-24-20-13-9-18(22)10-14-20/h7-14H,1-6,15-16,22H2. The summed E-state index contributed by atoms with van der Waals surface area (Å²) in [6.45, 7) is 1.58. The molecular formula is C20H26INO2. The molecule has 0 atom stereocenters. The number of anilines is 1. The Morgan fingerprint density at radius 1 is 0.625 bits per heavy atom. The van der Waals surface area contributed by atoms with Gasteiger partial charge in [-0.3, -0.25) is 0 Å². The maximum Gasteiger partial charge on any atom is 0.119 e.